The number of nitrogens with one attached hydrogen (secondary N) is 2. The summed E-state index contributed by atoms with van der Waals surface area (Å²) in [6.45, 7) is 0. The van der Waals surface area contributed by atoms with E-state index in [0.717, 1.165) is 10.1 Å². The van der Waals surface area contributed by atoms with E-state index in [1.165, 1.54) is 22.3 Å². The number of para-hydroxylation sites is 1. The third kappa shape index (κ3) is 3.85. The lowest BCUT2D eigenvalue weighted by Crippen LogP contribution is -2.47. The molecule has 1 aromatic heterocycles. The third-order valence-electron chi connectivity index (χ3n) is 5.47. The van der Waals surface area contributed by atoms with Crippen LogP contribution in [0, 0.1) is 5.82 Å². The van der Waals surface area contributed by atoms with Crippen molar-refractivity contribution in [2.75, 3.05) is 17.3 Å². The number of thiophene rings is 1. The van der Waals surface area contributed by atoms with Crippen LogP contribution in [-0.4, -0.2) is 30.9 Å². The van der Waals surface area contributed by atoms with Crippen LogP contribution in [0.2, 0.25) is 0 Å². The monoisotopic (exact) mass is 458 g/mol. The maximum absolute atomic E-state index is 14.7. The second-order valence-corrected chi connectivity index (χ2v) is 8.43. The number of hydrogen-bond donors (Lipinski definition) is 2. The van der Waals surface area contributed by atoms with Gasteiger partial charge in [0, 0.05) is 33.6 Å². The fraction of sp³-hybridized carbons (Fsp3) is 0.0800. The van der Waals surface area contributed by atoms with E-state index in [-0.39, 0.29) is 5.56 Å². The van der Waals surface area contributed by atoms with Crippen LogP contribution in [0.3, 0.4) is 0 Å². The van der Waals surface area contributed by atoms with Crippen molar-refractivity contribution in [1.82, 2.24) is 5.32 Å². The average molecular weight is 459 g/mol. The van der Waals surface area contributed by atoms with Crippen molar-refractivity contribution in [3.05, 3.63) is 95.1 Å². The van der Waals surface area contributed by atoms with Gasteiger partial charge in [-0.1, -0.05) is 48.5 Å². The van der Waals surface area contributed by atoms with E-state index in [1.54, 1.807) is 49.5 Å². The smallest absolute Gasteiger partial charge is 0.311 e. The van der Waals surface area contributed by atoms with Crippen LogP contribution in [0.1, 0.15) is 11.1 Å². The van der Waals surface area contributed by atoms with Gasteiger partial charge in [-0.3, -0.25) is 4.79 Å². The molecule has 0 aliphatic carbocycles. The molecule has 0 bridgehead atoms. The third-order valence-corrected chi connectivity index (χ3v) is 6.43. The van der Waals surface area contributed by atoms with E-state index in [9.17, 15) is 14.0 Å². The van der Waals surface area contributed by atoms with E-state index in [1.807, 2.05) is 29.6 Å². The Morgan fingerprint density at radius 1 is 1.00 bits per heavy atom. The highest BCUT2D eigenvalue weighted by Gasteiger charge is 2.31. The molecule has 0 saturated carbocycles. The van der Waals surface area contributed by atoms with Gasteiger partial charge >= 0.3 is 6.03 Å². The minimum absolute atomic E-state index is 0.254. The molecule has 0 saturated heterocycles. The molecule has 3 aromatic carbocycles. The van der Waals surface area contributed by atoms with Crippen LogP contribution in [0.5, 0.6) is 0 Å². The van der Waals surface area contributed by atoms with Crippen molar-refractivity contribution in [1.29, 1.82) is 0 Å². The number of aliphatic imine (C=N–C) groups is 1. The molecule has 1 aliphatic heterocycles. The van der Waals surface area contributed by atoms with Crippen LogP contribution < -0.4 is 15.5 Å². The summed E-state index contributed by atoms with van der Waals surface area (Å²) in [5.74, 6) is -0.893. The standard InChI is InChI=1S/C25H19FN4O2S/c1-30-20-12-6-3-10-17(20)22(15-8-2-5-11-18(15)26)28-23(24(30)31)29-25(32)27-19-14-33-21-13-7-4-9-16(19)21/h2-14,23H,1H3,(H2,27,29,32). The van der Waals surface area contributed by atoms with Gasteiger partial charge in [-0.25, -0.2) is 14.2 Å². The number of carbonyl (C=O) groups is 2. The van der Waals surface area contributed by atoms with Crippen molar-refractivity contribution >= 4 is 50.4 Å². The van der Waals surface area contributed by atoms with E-state index >= 15 is 0 Å². The van der Waals surface area contributed by atoms with Crippen LogP contribution in [-0.2, 0) is 4.79 Å². The molecule has 8 heteroatoms. The van der Waals surface area contributed by atoms with E-state index in [2.05, 4.69) is 15.6 Å². The zero-order valence-corrected chi connectivity index (χ0v) is 18.4. The SMILES string of the molecule is CN1C(=O)C(NC(=O)Nc2csc3ccccc23)N=C(c2ccccc2F)c2ccccc21. The number of rotatable bonds is 3. The Labute approximate surface area is 193 Å². The lowest BCUT2D eigenvalue weighted by Gasteiger charge is -2.21. The van der Waals surface area contributed by atoms with Gasteiger partial charge < -0.3 is 15.5 Å². The Bertz CT molecular complexity index is 1410. The molecule has 0 spiro atoms. The molecular formula is C25H19FN4O2S. The van der Waals surface area contributed by atoms with Crippen LogP contribution in [0.4, 0.5) is 20.6 Å². The molecule has 3 amide bonds. The number of halogens is 1. The Morgan fingerprint density at radius 2 is 1.70 bits per heavy atom. The van der Waals surface area contributed by atoms with Crippen molar-refractivity contribution < 1.29 is 14.0 Å². The molecule has 0 fully saturated rings. The second kappa shape index (κ2) is 8.48. The summed E-state index contributed by atoms with van der Waals surface area (Å²) in [5, 5.41) is 8.20. The van der Waals surface area contributed by atoms with E-state index in [0.29, 0.717) is 22.6 Å². The molecule has 1 unspecified atom stereocenters. The molecule has 2 N–H and O–H groups in total. The first-order valence-electron chi connectivity index (χ1n) is 10.3. The molecule has 1 aliphatic rings. The van der Waals surface area contributed by atoms with Gasteiger partial charge in [0.25, 0.3) is 5.91 Å². The van der Waals surface area contributed by atoms with E-state index in [4.69, 9.17) is 0 Å². The Kier molecular flexibility index (Phi) is 5.35. The number of likely N-dealkylation sites (N-methyl/N-ethyl adjacent to an activating group) is 1. The number of benzodiazepines with no additional fused rings is 1. The van der Waals surface area contributed by atoms with Gasteiger partial charge in [0.05, 0.1) is 17.1 Å². The Hall–Kier alpha value is -4.04. The Balaban J connectivity index is 1.51. The molecule has 1 atom stereocenters. The number of urea groups is 1. The van der Waals surface area contributed by atoms with Crippen LogP contribution >= 0.6 is 11.3 Å². The average Bonchev–Trinajstić information content (AvgIpc) is 3.20. The summed E-state index contributed by atoms with van der Waals surface area (Å²) < 4.78 is 15.7. The first-order chi connectivity index (χ1) is 16.0. The number of anilines is 2. The predicted octanol–water partition coefficient (Wildman–Crippen LogP) is 5.00. The van der Waals surface area contributed by atoms with Crippen LogP contribution in [0.15, 0.2) is 83.2 Å². The maximum atomic E-state index is 14.7. The summed E-state index contributed by atoms with van der Waals surface area (Å²) in [6, 6.07) is 20.5. The van der Waals surface area contributed by atoms with Gasteiger partial charge in [-0.15, -0.1) is 11.3 Å². The minimum atomic E-state index is -1.23. The number of benzene rings is 3. The molecule has 164 valence electrons. The number of carbonyl (C=O) groups excluding carboxylic acids is 2. The van der Waals surface area contributed by atoms with Crippen molar-refractivity contribution in [3.8, 4) is 0 Å². The summed E-state index contributed by atoms with van der Waals surface area (Å²) in [6.07, 6.45) is -1.23. The van der Waals surface area contributed by atoms with Gasteiger partial charge in [0.15, 0.2) is 0 Å². The first-order valence-corrected chi connectivity index (χ1v) is 11.1. The maximum Gasteiger partial charge on any atom is 0.321 e. The summed E-state index contributed by atoms with van der Waals surface area (Å²) in [5.41, 5.74) is 2.38. The summed E-state index contributed by atoms with van der Waals surface area (Å²) >= 11 is 1.51. The fourth-order valence-electron chi connectivity index (χ4n) is 3.84. The van der Waals surface area contributed by atoms with E-state index < -0.39 is 23.9 Å². The topological polar surface area (TPSA) is 73.8 Å². The number of hydrogen-bond acceptors (Lipinski definition) is 4. The van der Waals surface area contributed by atoms with Crippen LogP contribution in [0.25, 0.3) is 10.1 Å². The quantitative estimate of drug-likeness (QED) is 0.453. The zero-order valence-electron chi connectivity index (χ0n) is 17.6. The predicted molar refractivity (Wildman–Crippen MR) is 130 cm³/mol. The van der Waals surface area contributed by atoms with Gasteiger partial charge in [-0.05, 0) is 24.3 Å². The number of amides is 3. The largest absolute Gasteiger partial charge is 0.321 e. The summed E-state index contributed by atoms with van der Waals surface area (Å²) in [4.78, 5) is 32.0. The number of nitrogens with zero attached hydrogens (tertiary/aromatic N) is 2. The lowest BCUT2D eigenvalue weighted by molar-refractivity contribution is -0.119. The van der Waals surface area contributed by atoms with Gasteiger partial charge in [0.1, 0.15) is 5.82 Å². The molecule has 0 radical (unpaired) electrons. The van der Waals surface area contributed by atoms with Gasteiger partial charge in [-0.2, -0.15) is 0 Å². The summed E-state index contributed by atoms with van der Waals surface area (Å²) in [7, 11) is 1.61. The fourth-order valence-corrected chi connectivity index (χ4v) is 4.73. The highest BCUT2D eigenvalue weighted by Crippen LogP contribution is 2.30. The Morgan fingerprint density at radius 3 is 2.52 bits per heavy atom. The molecular weight excluding hydrogens is 439 g/mol. The molecule has 6 nitrogen and oxygen atoms in total. The molecule has 33 heavy (non-hydrogen) atoms. The molecule has 2 heterocycles. The van der Waals surface area contributed by atoms with Gasteiger partial charge in [0.2, 0.25) is 6.17 Å². The molecule has 4 aromatic rings. The lowest BCUT2D eigenvalue weighted by atomic mass is 10.00. The van der Waals surface area contributed by atoms with Crippen molar-refractivity contribution in [3.63, 3.8) is 0 Å². The van der Waals surface area contributed by atoms with Crippen molar-refractivity contribution in [2.45, 2.75) is 6.17 Å². The highest BCUT2D eigenvalue weighted by atomic mass is 32.1. The highest BCUT2D eigenvalue weighted by molar-refractivity contribution is 7.17. The first kappa shape index (κ1) is 20.8. The molecule has 5 rings (SSSR count). The number of fused-ring (bicyclic) bond motifs is 2. The minimum Gasteiger partial charge on any atom is -0.311 e. The second-order valence-electron chi connectivity index (χ2n) is 7.52. The normalized spacial score (nSPS) is 15.6. The van der Waals surface area contributed by atoms with Crippen molar-refractivity contribution in [2.24, 2.45) is 4.99 Å². The zero-order chi connectivity index (χ0) is 22.9.